The number of halogens is 1. The third-order valence-electron chi connectivity index (χ3n) is 5.80. The molecule has 0 aromatic carbocycles. The van der Waals surface area contributed by atoms with Gasteiger partial charge in [0.25, 0.3) is 0 Å². The highest BCUT2D eigenvalue weighted by Crippen LogP contribution is 2.46. The Morgan fingerprint density at radius 2 is 2.04 bits per heavy atom. The quantitative estimate of drug-likeness (QED) is 0.723. The highest BCUT2D eigenvalue weighted by molar-refractivity contribution is 5.76. The van der Waals surface area contributed by atoms with Gasteiger partial charge in [-0.25, -0.2) is 4.39 Å². The first-order valence-corrected chi connectivity index (χ1v) is 9.30. The standard InChI is InChI=1S/C21H28FNO4/c1-11-6-12(2)15(7-13(3)22)18-17(24)9-21(27-19(18)14(11)4)8-16(23-10-21)20(25)26-5/h7,16-17,23-24H,6,8-10H2,1-5H3. The average molecular weight is 377 g/mol. The molecule has 2 N–H and O–H groups in total. The lowest BCUT2D eigenvalue weighted by molar-refractivity contribution is -0.143. The summed E-state index contributed by atoms with van der Waals surface area (Å²) in [6.07, 6.45) is 2.15. The molecular formula is C21H28FNO4. The summed E-state index contributed by atoms with van der Waals surface area (Å²) in [7, 11) is 1.36. The van der Waals surface area contributed by atoms with Crippen molar-refractivity contribution < 1.29 is 23.8 Å². The molecular weight excluding hydrogens is 349 g/mol. The summed E-state index contributed by atoms with van der Waals surface area (Å²) in [5, 5.41) is 14.2. The Balaban J connectivity index is 2.06. The van der Waals surface area contributed by atoms with Gasteiger partial charge in [0.15, 0.2) is 0 Å². The Kier molecular flexibility index (Phi) is 5.32. The lowest BCUT2D eigenvalue weighted by atomic mass is 9.82. The smallest absolute Gasteiger partial charge is 0.323 e. The largest absolute Gasteiger partial charge is 0.485 e. The van der Waals surface area contributed by atoms with Gasteiger partial charge in [0.05, 0.1) is 19.0 Å². The summed E-state index contributed by atoms with van der Waals surface area (Å²) >= 11 is 0. The normalized spacial score (nSPS) is 31.9. The summed E-state index contributed by atoms with van der Waals surface area (Å²) in [6.45, 7) is 7.81. The number of aliphatic hydroxyl groups is 1. The van der Waals surface area contributed by atoms with Crippen molar-refractivity contribution in [3.63, 3.8) is 0 Å². The number of aliphatic hydroxyl groups excluding tert-OH is 1. The maximum atomic E-state index is 13.8. The number of hydrogen-bond acceptors (Lipinski definition) is 5. The minimum absolute atomic E-state index is 0.311. The Labute approximate surface area is 159 Å². The first-order valence-electron chi connectivity index (χ1n) is 9.30. The van der Waals surface area contributed by atoms with E-state index in [0.717, 1.165) is 16.7 Å². The van der Waals surface area contributed by atoms with Crippen LogP contribution in [0.15, 0.2) is 45.5 Å². The predicted octanol–water partition coefficient (Wildman–Crippen LogP) is 3.23. The molecule has 3 unspecified atom stereocenters. The summed E-state index contributed by atoms with van der Waals surface area (Å²) in [5.41, 5.74) is 3.76. The molecule has 1 saturated heterocycles. The zero-order valence-corrected chi connectivity index (χ0v) is 16.6. The molecule has 1 fully saturated rings. The maximum absolute atomic E-state index is 13.8. The van der Waals surface area contributed by atoms with E-state index >= 15 is 0 Å². The highest BCUT2D eigenvalue weighted by Gasteiger charge is 2.50. The van der Waals surface area contributed by atoms with Crippen LogP contribution >= 0.6 is 0 Å². The van der Waals surface area contributed by atoms with Gasteiger partial charge in [0.2, 0.25) is 0 Å². The molecule has 0 aromatic rings. The molecule has 3 aliphatic rings. The maximum Gasteiger partial charge on any atom is 0.323 e. The van der Waals surface area contributed by atoms with Crippen molar-refractivity contribution in [2.45, 2.75) is 64.7 Å². The second-order valence-corrected chi connectivity index (χ2v) is 7.92. The number of carbonyl (C=O) groups excluding carboxylic acids is 1. The molecule has 0 radical (unpaired) electrons. The Morgan fingerprint density at radius 3 is 2.67 bits per heavy atom. The summed E-state index contributed by atoms with van der Waals surface area (Å²) in [6, 6.07) is -0.453. The van der Waals surface area contributed by atoms with Gasteiger partial charge in [-0.05, 0) is 51.3 Å². The van der Waals surface area contributed by atoms with E-state index in [2.05, 4.69) is 5.32 Å². The van der Waals surface area contributed by atoms with Crippen molar-refractivity contribution in [2.24, 2.45) is 0 Å². The summed E-state index contributed by atoms with van der Waals surface area (Å²) in [5.74, 6) is -0.0291. The molecule has 2 heterocycles. The predicted molar refractivity (Wildman–Crippen MR) is 100 cm³/mol. The zero-order chi connectivity index (χ0) is 19.9. The van der Waals surface area contributed by atoms with E-state index < -0.39 is 17.7 Å². The molecule has 3 rings (SSSR count). The van der Waals surface area contributed by atoms with Crippen LogP contribution in [0.1, 0.15) is 47.0 Å². The van der Waals surface area contributed by atoms with E-state index in [0.29, 0.717) is 42.7 Å². The molecule has 148 valence electrons. The molecule has 3 atom stereocenters. The zero-order valence-electron chi connectivity index (χ0n) is 16.6. The molecule has 2 aliphatic heterocycles. The van der Waals surface area contributed by atoms with Crippen molar-refractivity contribution in [3.8, 4) is 0 Å². The first-order chi connectivity index (χ1) is 12.7. The van der Waals surface area contributed by atoms with Gasteiger partial charge in [0, 0.05) is 25.0 Å². The number of carbonyl (C=O) groups is 1. The van der Waals surface area contributed by atoms with Crippen molar-refractivity contribution in [1.29, 1.82) is 0 Å². The number of nitrogens with one attached hydrogen (secondary N) is 1. The van der Waals surface area contributed by atoms with Gasteiger partial charge >= 0.3 is 5.97 Å². The topological polar surface area (TPSA) is 67.8 Å². The van der Waals surface area contributed by atoms with Crippen LogP contribution in [0.3, 0.4) is 0 Å². The fourth-order valence-electron chi connectivity index (χ4n) is 4.32. The second-order valence-electron chi connectivity index (χ2n) is 7.92. The van der Waals surface area contributed by atoms with E-state index in [1.54, 1.807) is 0 Å². The minimum Gasteiger partial charge on any atom is -0.485 e. The van der Waals surface area contributed by atoms with Gasteiger partial charge < -0.3 is 19.9 Å². The van der Waals surface area contributed by atoms with Crippen LogP contribution in [0.2, 0.25) is 0 Å². The van der Waals surface area contributed by atoms with Crippen molar-refractivity contribution in [3.05, 3.63) is 45.5 Å². The minimum atomic E-state index is -0.798. The van der Waals surface area contributed by atoms with Crippen LogP contribution in [-0.2, 0) is 14.3 Å². The van der Waals surface area contributed by atoms with Crippen LogP contribution < -0.4 is 5.32 Å². The van der Waals surface area contributed by atoms with E-state index in [4.69, 9.17) is 9.47 Å². The SMILES string of the molecule is COC(=O)C1CC2(CN1)CC(O)C1=C(O2)C(C)=C(C)CC(C)=C1C=C(C)F. The number of hydrogen-bond donors (Lipinski definition) is 2. The molecule has 0 amide bonds. The number of ether oxygens (including phenoxy) is 2. The Bertz CT molecular complexity index is 788. The van der Waals surface area contributed by atoms with E-state index in [1.807, 2.05) is 20.8 Å². The molecule has 0 bridgehead atoms. The lowest BCUT2D eigenvalue weighted by Crippen LogP contribution is -2.43. The summed E-state index contributed by atoms with van der Waals surface area (Å²) in [4.78, 5) is 11.9. The highest BCUT2D eigenvalue weighted by atomic mass is 19.1. The molecule has 0 aromatic heterocycles. The number of allylic oxidation sites excluding steroid dienone is 5. The van der Waals surface area contributed by atoms with E-state index in [-0.39, 0.29) is 11.8 Å². The molecule has 1 aliphatic carbocycles. The molecule has 6 heteroatoms. The number of esters is 1. The number of methoxy groups -OCH3 is 1. The van der Waals surface area contributed by atoms with Crippen LogP contribution in [0, 0.1) is 0 Å². The Hall–Kier alpha value is -1.92. The molecule has 1 spiro atoms. The van der Waals surface area contributed by atoms with Crippen molar-refractivity contribution in [2.75, 3.05) is 13.7 Å². The van der Waals surface area contributed by atoms with Gasteiger partial charge in [-0.3, -0.25) is 4.79 Å². The van der Waals surface area contributed by atoms with Crippen LogP contribution in [-0.4, -0.2) is 42.5 Å². The van der Waals surface area contributed by atoms with Gasteiger partial charge in [-0.15, -0.1) is 0 Å². The molecule has 5 nitrogen and oxygen atoms in total. The lowest BCUT2D eigenvalue weighted by Gasteiger charge is -2.40. The second kappa shape index (κ2) is 7.24. The molecule has 0 saturated carbocycles. The van der Waals surface area contributed by atoms with E-state index in [1.165, 1.54) is 20.1 Å². The van der Waals surface area contributed by atoms with Crippen LogP contribution in [0.25, 0.3) is 0 Å². The monoisotopic (exact) mass is 377 g/mol. The fraction of sp³-hybridized carbons (Fsp3) is 0.571. The van der Waals surface area contributed by atoms with Gasteiger partial charge in [0.1, 0.15) is 17.4 Å². The number of rotatable bonds is 2. The van der Waals surface area contributed by atoms with Gasteiger partial charge in [-0.1, -0.05) is 11.1 Å². The average Bonchev–Trinajstić information content (AvgIpc) is 2.97. The van der Waals surface area contributed by atoms with Gasteiger partial charge in [-0.2, -0.15) is 0 Å². The first kappa shape index (κ1) is 19.8. The van der Waals surface area contributed by atoms with Crippen LogP contribution in [0.5, 0.6) is 0 Å². The van der Waals surface area contributed by atoms with E-state index in [9.17, 15) is 14.3 Å². The third kappa shape index (κ3) is 3.60. The third-order valence-corrected chi connectivity index (χ3v) is 5.80. The summed E-state index contributed by atoms with van der Waals surface area (Å²) < 4.78 is 25.1. The fourth-order valence-corrected chi connectivity index (χ4v) is 4.32. The van der Waals surface area contributed by atoms with Crippen molar-refractivity contribution >= 4 is 5.97 Å². The Morgan fingerprint density at radius 1 is 1.33 bits per heavy atom. The van der Waals surface area contributed by atoms with Crippen LogP contribution in [0.4, 0.5) is 4.39 Å². The molecule has 27 heavy (non-hydrogen) atoms. The van der Waals surface area contributed by atoms with Crippen molar-refractivity contribution in [1.82, 2.24) is 5.32 Å².